The van der Waals surface area contributed by atoms with Crippen LogP contribution in [0.5, 0.6) is 0 Å². The van der Waals surface area contributed by atoms with Gasteiger partial charge in [-0.3, -0.25) is 14.3 Å². The molecule has 3 rings (SSSR count). The number of carboxylic acids is 1. The fourth-order valence-corrected chi connectivity index (χ4v) is 3.21. The molecule has 0 radical (unpaired) electrons. The van der Waals surface area contributed by atoms with Gasteiger partial charge in [0, 0.05) is 32.0 Å². The number of aromatic nitrogens is 3. The van der Waals surface area contributed by atoms with E-state index in [2.05, 4.69) is 10.1 Å². The number of amides is 1. The van der Waals surface area contributed by atoms with E-state index in [0.717, 1.165) is 0 Å². The Hall–Kier alpha value is -1.96. The van der Waals surface area contributed by atoms with Gasteiger partial charge in [-0.05, 0) is 6.42 Å². The molecular weight excluding hydrogens is 276 g/mol. The van der Waals surface area contributed by atoms with Crippen molar-refractivity contribution in [1.82, 2.24) is 19.7 Å². The molecule has 0 aromatic carbocycles. The van der Waals surface area contributed by atoms with Gasteiger partial charge in [0.2, 0.25) is 5.91 Å². The van der Waals surface area contributed by atoms with Crippen LogP contribution in [0.4, 0.5) is 0 Å². The summed E-state index contributed by atoms with van der Waals surface area (Å²) in [6.45, 7) is 2.06. The number of aryl methyl sites for hydroxylation is 1. The number of fused-ring (bicyclic) bond motifs is 1. The number of hydrogen-bond acceptors (Lipinski definition) is 5. The van der Waals surface area contributed by atoms with Crippen molar-refractivity contribution in [2.24, 2.45) is 11.3 Å². The molecule has 3 heterocycles. The molecule has 2 aliphatic heterocycles. The summed E-state index contributed by atoms with van der Waals surface area (Å²) < 4.78 is 6.98. The van der Waals surface area contributed by atoms with E-state index in [0.29, 0.717) is 39.1 Å². The Kier molecular flexibility index (Phi) is 3.62. The third kappa shape index (κ3) is 2.51. The molecule has 1 amide bonds. The molecule has 0 bridgehead atoms. The molecule has 1 N–H and O–H groups in total. The zero-order valence-corrected chi connectivity index (χ0v) is 11.6. The summed E-state index contributed by atoms with van der Waals surface area (Å²) in [5, 5.41) is 13.5. The maximum Gasteiger partial charge on any atom is 0.311 e. The minimum Gasteiger partial charge on any atom is -0.481 e. The van der Waals surface area contributed by atoms with Gasteiger partial charge in [-0.15, -0.1) is 0 Å². The third-order valence-electron chi connectivity index (χ3n) is 4.51. The Bertz CT molecular complexity index is 532. The quantitative estimate of drug-likeness (QED) is 0.813. The highest BCUT2D eigenvalue weighted by molar-refractivity contribution is 5.81. The molecule has 0 aliphatic carbocycles. The number of likely N-dealkylation sites (tertiary alicyclic amines) is 1. The van der Waals surface area contributed by atoms with Gasteiger partial charge in [-0.1, -0.05) is 0 Å². The van der Waals surface area contributed by atoms with Crippen molar-refractivity contribution < 1.29 is 19.4 Å². The summed E-state index contributed by atoms with van der Waals surface area (Å²) in [7, 11) is 0. The highest BCUT2D eigenvalue weighted by Crippen LogP contribution is 2.42. The van der Waals surface area contributed by atoms with Crippen LogP contribution >= 0.6 is 0 Å². The van der Waals surface area contributed by atoms with Crippen molar-refractivity contribution in [3.8, 4) is 0 Å². The van der Waals surface area contributed by atoms with Crippen LogP contribution in [0.15, 0.2) is 12.7 Å². The number of ether oxygens (including phenoxy) is 1. The van der Waals surface area contributed by atoms with Gasteiger partial charge in [-0.25, -0.2) is 4.98 Å². The molecule has 0 spiro atoms. The molecule has 21 heavy (non-hydrogen) atoms. The zero-order chi connectivity index (χ0) is 14.9. The van der Waals surface area contributed by atoms with Crippen LogP contribution < -0.4 is 0 Å². The first-order valence-electron chi connectivity index (χ1n) is 7.03. The minimum absolute atomic E-state index is 0.0412. The molecule has 2 atom stereocenters. The molecule has 1 aromatic rings. The van der Waals surface area contributed by atoms with E-state index in [1.165, 1.54) is 6.33 Å². The van der Waals surface area contributed by atoms with Crippen molar-refractivity contribution in [3.63, 3.8) is 0 Å². The summed E-state index contributed by atoms with van der Waals surface area (Å²) in [6.07, 6.45) is 3.75. The maximum atomic E-state index is 12.3. The summed E-state index contributed by atoms with van der Waals surface area (Å²) >= 11 is 0. The van der Waals surface area contributed by atoms with Crippen LogP contribution in [-0.2, 0) is 20.9 Å². The number of aliphatic carboxylic acids is 1. The smallest absolute Gasteiger partial charge is 0.311 e. The first-order valence-corrected chi connectivity index (χ1v) is 7.03. The number of nitrogens with zero attached hydrogens (tertiary/aromatic N) is 4. The number of carbonyl (C=O) groups is 2. The lowest BCUT2D eigenvalue weighted by atomic mass is 9.74. The predicted molar refractivity (Wildman–Crippen MR) is 70.2 cm³/mol. The minimum atomic E-state index is -0.832. The lowest BCUT2D eigenvalue weighted by Crippen LogP contribution is -2.45. The fraction of sp³-hybridized carbons (Fsp3) is 0.692. The summed E-state index contributed by atoms with van der Waals surface area (Å²) in [4.78, 5) is 29.4. The fourth-order valence-electron chi connectivity index (χ4n) is 3.21. The highest BCUT2D eigenvalue weighted by Gasteiger charge is 2.54. The molecule has 0 unspecified atom stereocenters. The molecule has 1 aromatic heterocycles. The van der Waals surface area contributed by atoms with E-state index in [9.17, 15) is 14.7 Å². The first-order chi connectivity index (χ1) is 10.1. The summed E-state index contributed by atoms with van der Waals surface area (Å²) in [6, 6.07) is 0. The summed E-state index contributed by atoms with van der Waals surface area (Å²) in [5.41, 5.74) is -0.832. The van der Waals surface area contributed by atoms with Gasteiger partial charge in [0.1, 0.15) is 12.7 Å². The van der Waals surface area contributed by atoms with E-state index < -0.39 is 11.4 Å². The van der Waals surface area contributed by atoms with Gasteiger partial charge >= 0.3 is 5.97 Å². The van der Waals surface area contributed by atoms with Crippen molar-refractivity contribution in [1.29, 1.82) is 0 Å². The Morgan fingerprint density at radius 3 is 3.00 bits per heavy atom. The molecule has 8 nitrogen and oxygen atoms in total. The van der Waals surface area contributed by atoms with Gasteiger partial charge in [0.15, 0.2) is 0 Å². The topological polar surface area (TPSA) is 97.5 Å². The average molecular weight is 294 g/mol. The van der Waals surface area contributed by atoms with Crippen LogP contribution in [0.2, 0.25) is 0 Å². The van der Waals surface area contributed by atoms with E-state index in [1.54, 1.807) is 15.9 Å². The molecule has 2 saturated heterocycles. The maximum absolute atomic E-state index is 12.3. The Labute approximate surface area is 121 Å². The normalized spacial score (nSPS) is 28.4. The molecular formula is C13H18N4O4. The highest BCUT2D eigenvalue weighted by atomic mass is 16.5. The van der Waals surface area contributed by atoms with Crippen molar-refractivity contribution in [2.45, 2.75) is 19.4 Å². The predicted octanol–water partition coefficient (Wildman–Crippen LogP) is -0.382. The lowest BCUT2D eigenvalue weighted by molar-refractivity contribution is -0.157. The van der Waals surface area contributed by atoms with Crippen LogP contribution in [0.1, 0.15) is 12.8 Å². The molecule has 2 fully saturated rings. The van der Waals surface area contributed by atoms with E-state index in [1.807, 2.05) is 0 Å². The number of hydrogen-bond donors (Lipinski definition) is 1. The van der Waals surface area contributed by atoms with Gasteiger partial charge in [0.25, 0.3) is 0 Å². The van der Waals surface area contributed by atoms with Crippen LogP contribution in [-0.4, -0.2) is 63.0 Å². The lowest BCUT2D eigenvalue weighted by Gasteiger charge is -2.33. The Morgan fingerprint density at radius 2 is 2.33 bits per heavy atom. The largest absolute Gasteiger partial charge is 0.481 e. The van der Waals surface area contributed by atoms with E-state index in [4.69, 9.17) is 4.74 Å². The summed E-state index contributed by atoms with van der Waals surface area (Å²) in [5.74, 6) is -0.970. The van der Waals surface area contributed by atoms with Crippen LogP contribution in [0, 0.1) is 11.3 Å². The van der Waals surface area contributed by atoms with E-state index in [-0.39, 0.29) is 18.4 Å². The molecule has 2 aliphatic rings. The Balaban J connectivity index is 1.64. The van der Waals surface area contributed by atoms with E-state index >= 15 is 0 Å². The van der Waals surface area contributed by atoms with Crippen molar-refractivity contribution >= 4 is 11.9 Å². The van der Waals surface area contributed by atoms with Gasteiger partial charge < -0.3 is 14.7 Å². The standard InChI is InChI=1S/C13H18N4O4/c18-11(1-3-17-9-14-8-15-17)16-5-10-6-21-4-2-13(10,7-16)12(19)20/h8-10H,1-7H2,(H,19,20)/t10-,13+/m0/s1. The van der Waals surface area contributed by atoms with Crippen LogP contribution in [0.3, 0.4) is 0 Å². The monoisotopic (exact) mass is 294 g/mol. The second kappa shape index (κ2) is 5.44. The third-order valence-corrected chi connectivity index (χ3v) is 4.51. The van der Waals surface area contributed by atoms with Gasteiger partial charge in [-0.2, -0.15) is 5.10 Å². The SMILES string of the molecule is O=C(CCn1cncn1)N1C[C@H]2COCC[C@@]2(C(=O)O)C1. The number of rotatable bonds is 4. The second-order valence-corrected chi connectivity index (χ2v) is 5.67. The zero-order valence-electron chi connectivity index (χ0n) is 11.6. The molecule has 114 valence electrons. The van der Waals surface area contributed by atoms with Gasteiger partial charge in [0.05, 0.1) is 18.6 Å². The number of carbonyl (C=O) groups excluding carboxylic acids is 1. The first kappa shape index (κ1) is 14.0. The Morgan fingerprint density at radius 1 is 1.48 bits per heavy atom. The second-order valence-electron chi connectivity index (χ2n) is 5.67. The molecule has 8 heteroatoms. The van der Waals surface area contributed by atoms with Crippen molar-refractivity contribution in [2.75, 3.05) is 26.3 Å². The molecule has 0 saturated carbocycles. The van der Waals surface area contributed by atoms with Crippen LogP contribution in [0.25, 0.3) is 0 Å². The number of carboxylic acid groups (broad SMARTS) is 1. The van der Waals surface area contributed by atoms with Crippen molar-refractivity contribution in [3.05, 3.63) is 12.7 Å². The average Bonchev–Trinajstić information content (AvgIpc) is 3.12.